The van der Waals surface area contributed by atoms with Crippen molar-refractivity contribution in [1.29, 1.82) is 0 Å². The fraction of sp³-hybridized carbons (Fsp3) is 0.368. The van der Waals surface area contributed by atoms with E-state index >= 15 is 0 Å². The molecule has 0 aromatic heterocycles. The zero-order valence-corrected chi connectivity index (χ0v) is 12.4. The number of hydrogen-bond donors (Lipinski definition) is 1. The molecule has 1 atom stereocenters. The van der Waals surface area contributed by atoms with Crippen molar-refractivity contribution in [2.45, 2.75) is 24.9 Å². The van der Waals surface area contributed by atoms with E-state index in [1.54, 1.807) is 0 Å². The van der Waals surface area contributed by atoms with Gasteiger partial charge in [0.25, 0.3) is 0 Å². The maximum Gasteiger partial charge on any atom is 0.106 e. The minimum absolute atomic E-state index is 0.453. The molecule has 0 radical (unpaired) electrons. The third kappa shape index (κ3) is 3.93. The van der Waals surface area contributed by atoms with E-state index in [-0.39, 0.29) is 0 Å². The number of rotatable bonds is 6. The summed E-state index contributed by atoms with van der Waals surface area (Å²) in [5, 5.41) is 2.42. The Morgan fingerprint density at radius 1 is 0.952 bits per heavy atom. The molecule has 21 heavy (non-hydrogen) atoms. The first kappa shape index (κ1) is 14.3. The molecule has 2 N–H and O–H groups in total. The maximum atomic E-state index is 5.71. The van der Waals surface area contributed by atoms with Gasteiger partial charge in [-0.05, 0) is 24.0 Å². The van der Waals surface area contributed by atoms with Crippen LogP contribution in [0.2, 0.25) is 0 Å². The van der Waals surface area contributed by atoms with Crippen molar-refractivity contribution in [3.63, 3.8) is 0 Å². The first-order valence-corrected chi connectivity index (χ1v) is 7.96. The van der Waals surface area contributed by atoms with Crippen LogP contribution in [0.3, 0.4) is 0 Å². The predicted molar refractivity (Wildman–Crippen MR) is 85.4 cm³/mol. The largest absolute Gasteiger partial charge is 0.372 e. The first-order chi connectivity index (χ1) is 10.4. The van der Waals surface area contributed by atoms with Gasteiger partial charge >= 0.3 is 0 Å². The minimum atomic E-state index is 0.453. The third-order valence-electron chi connectivity index (χ3n) is 4.26. The lowest BCUT2D eigenvalue weighted by Gasteiger charge is -2.18. The molecule has 2 nitrogen and oxygen atoms in total. The number of ether oxygens (including phenoxy) is 1. The standard InChI is InChI=1S/C19H23NO/c1-3-8-16(9-4-1)19(17-10-5-2-6-11-17)15-20-14-18-12-7-13-21-18/h1-6,8-11,18-20H,7,12-15H2/p+1/t18-/m0/s1. The van der Waals surface area contributed by atoms with Gasteiger partial charge in [-0.1, -0.05) is 60.7 Å². The third-order valence-corrected chi connectivity index (χ3v) is 4.26. The summed E-state index contributed by atoms with van der Waals surface area (Å²) in [5.41, 5.74) is 2.79. The van der Waals surface area contributed by atoms with Gasteiger partial charge in [0.05, 0.1) is 12.5 Å². The first-order valence-electron chi connectivity index (χ1n) is 7.96. The van der Waals surface area contributed by atoms with Gasteiger partial charge < -0.3 is 10.1 Å². The van der Waals surface area contributed by atoms with Crippen LogP contribution in [-0.2, 0) is 4.74 Å². The molecule has 0 unspecified atom stereocenters. The minimum Gasteiger partial charge on any atom is -0.372 e. The average molecular weight is 282 g/mol. The second kappa shape index (κ2) is 7.39. The molecule has 0 aliphatic carbocycles. The monoisotopic (exact) mass is 282 g/mol. The number of benzene rings is 2. The zero-order valence-electron chi connectivity index (χ0n) is 12.4. The summed E-state index contributed by atoms with van der Waals surface area (Å²) in [6.07, 6.45) is 2.90. The molecule has 0 amide bonds. The van der Waals surface area contributed by atoms with E-state index in [0.29, 0.717) is 12.0 Å². The molecule has 0 spiro atoms. The fourth-order valence-electron chi connectivity index (χ4n) is 3.11. The van der Waals surface area contributed by atoms with Gasteiger partial charge in [0, 0.05) is 6.61 Å². The van der Waals surface area contributed by atoms with Gasteiger partial charge in [0.2, 0.25) is 0 Å². The summed E-state index contributed by atoms with van der Waals surface area (Å²) in [6, 6.07) is 21.6. The Bertz CT molecular complexity index is 480. The van der Waals surface area contributed by atoms with Crippen molar-refractivity contribution >= 4 is 0 Å². The van der Waals surface area contributed by atoms with E-state index in [1.165, 1.54) is 24.0 Å². The molecule has 2 aromatic carbocycles. The van der Waals surface area contributed by atoms with Gasteiger partial charge in [-0.25, -0.2) is 0 Å². The molecule has 1 saturated heterocycles. The van der Waals surface area contributed by atoms with Crippen LogP contribution in [0.1, 0.15) is 29.9 Å². The second-order valence-electron chi connectivity index (χ2n) is 5.77. The van der Waals surface area contributed by atoms with E-state index in [0.717, 1.165) is 19.7 Å². The molecule has 0 saturated carbocycles. The van der Waals surface area contributed by atoms with Crippen LogP contribution >= 0.6 is 0 Å². The highest BCUT2D eigenvalue weighted by Crippen LogP contribution is 2.22. The van der Waals surface area contributed by atoms with Crippen LogP contribution in [0.15, 0.2) is 60.7 Å². The molecule has 1 aliphatic heterocycles. The highest BCUT2D eigenvalue weighted by molar-refractivity contribution is 5.32. The maximum absolute atomic E-state index is 5.71. The summed E-state index contributed by atoms with van der Waals surface area (Å²) in [5.74, 6) is 0.453. The van der Waals surface area contributed by atoms with Gasteiger partial charge in [-0.3, -0.25) is 0 Å². The van der Waals surface area contributed by atoms with Gasteiger partial charge in [-0.2, -0.15) is 0 Å². The van der Waals surface area contributed by atoms with Crippen molar-refractivity contribution in [3.8, 4) is 0 Å². The summed E-state index contributed by atoms with van der Waals surface area (Å²) < 4.78 is 5.71. The molecule has 1 fully saturated rings. The number of quaternary nitrogens is 1. The summed E-state index contributed by atoms with van der Waals surface area (Å²) in [7, 11) is 0. The second-order valence-corrected chi connectivity index (χ2v) is 5.77. The molecule has 3 rings (SSSR count). The van der Waals surface area contributed by atoms with Crippen LogP contribution < -0.4 is 5.32 Å². The topological polar surface area (TPSA) is 25.8 Å². The summed E-state index contributed by atoms with van der Waals surface area (Å²) in [6.45, 7) is 3.10. The van der Waals surface area contributed by atoms with Crippen LogP contribution in [0, 0.1) is 0 Å². The van der Waals surface area contributed by atoms with E-state index in [4.69, 9.17) is 4.74 Å². The average Bonchev–Trinajstić information content (AvgIpc) is 3.07. The lowest BCUT2D eigenvalue weighted by atomic mass is 9.91. The van der Waals surface area contributed by atoms with Crippen LogP contribution in [-0.4, -0.2) is 25.8 Å². The Hall–Kier alpha value is -1.64. The molecule has 1 aliphatic rings. The smallest absolute Gasteiger partial charge is 0.106 e. The molecule has 110 valence electrons. The Morgan fingerprint density at radius 2 is 1.57 bits per heavy atom. The number of hydrogen-bond acceptors (Lipinski definition) is 1. The zero-order chi connectivity index (χ0) is 14.3. The van der Waals surface area contributed by atoms with Gasteiger partial charge in [-0.15, -0.1) is 0 Å². The Morgan fingerprint density at radius 3 is 2.10 bits per heavy atom. The molecular weight excluding hydrogens is 258 g/mol. The van der Waals surface area contributed by atoms with Crippen LogP contribution in [0.25, 0.3) is 0 Å². The van der Waals surface area contributed by atoms with Gasteiger partial charge in [0.1, 0.15) is 12.6 Å². The quantitative estimate of drug-likeness (QED) is 0.866. The van der Waals surface area contributed by atoms with Crippen molar-refractivity contribution in [2.24, 2.45) is 0 Å². The Labute approximate surface area is 127 Å². The molecule has 2 heteroatoms. The Kier molecular flexibility index (Phi) is 5.03. The number of nitrogens with two attached hydrogens (primary N) is 1. The van der Waals surface area contributed by atoms with Crippen molar-refractivity contribution in [2.75, 3.05) is 19.7 Å². The van der Waals surface area contributed by atoms with Crippen LogP contribution in [0.4, 0.5) is 0 Å². The molecule has 1 heterocycles. The van der Waals surface area contributed by atoms with E-state index in [9.17, 15) is 0 Å². The molecule has 2 aromatic rings. The summed E-state index contributed by atoms with van der Waals surface area (Å²) >= 11 is 0. The van der Waals surface area contributed by atoms with E-state index in [2.05, 4.69) is 66.0 Å². The van der Waals surface area contributed by atoms with Crippen molar-refractivity contribution in [3.05, 3.63) is 71.8 Å². The van der Waals surface area contributed by atoms with E-state index in [1.807, 2.05) is 0 Å². The Balaban J connectivity index is 1.67. The lowest BCUT2D eigenvalue weighted by molar-refractivity contribution is -0.662. The van der Waals surface area contributed by atoms with Crippen molar-refractivity contribution in [1.82, 2.24) is 0 Å². The fourth-order valence-corrected chi connectivity index (χ4v) is 3.11. The van der Waals surface area contributed by atoms with Crippen molar-refractivity contribution < 1.29 is 10.1 Å². The van der Waals surface area contributed by atoms with E-state index < -0.39 is 0 Å². The molecular formula is C19H24NO+. The highest BCUT2D eigenvalue weighted by Gasteiger charge is 2.20. The lowest BCUT2D eigenvalue weighted by Crippen LogP contribution is -2.87. The predicted octanol–water partition coefficient (Wildman–Crippen LogP) is 2.56. The molecule has 0 bridgehead atoms. The van der Waals surface area contributed by atoms with Gasteiger partial charge in [0.15, 0.2) is 0 Å². The normalized spacial score (nSPS) is 18.2. The van der Waals surface area contributed by atoms with Crippen LogP contribution in [0.5, 0.6) is 0 Å². The summed E-state index contributed by atoms with van der Waals surface area (Å²) in [4.78, 5) is 0. The SMILES string of the molecule is c1ccc(C(C[NH2+]C[C@@H]2CCCO2)c2ccccc2)cc1. The highest BCUT2D eigenvalue weighted by atomic mass is 16.5.